The smallest absolute Gasteiger partial charge is 0.0893 e. The normalized spacial score (nSPS) is 26.7. The lowest BCUT2D eigenvalue weighted by Gasteiger charge is -2.18. The van der Waals surface area contributed by atoms with Crippen molar-refractivity contribution in [2.75, 3.05) is 13.2 Å². The fourth-order valence-corrected chi connectivity index (χ4v) is 1.94. The number of hydrogen-bond acceptors (Lipinski definition) is 3. The predicted molar refractivity (Wildman–Crippen MR) is 52.9 cm³/mol. The molecule has 2 unspecified atom stereocenters. The zero-order valence-electron chi connectivity index (χ0n) is 8.31. The molecule has 0 amide bonds. The summed E-state index contributed by atoms with van der Waals surface area (Å²) in [4.78, 5) is 4.10. The van der Waals surface area contributed by atoms with Gasteiger partial charge in [0.25, 0.3) is 0 Å². The Morgan fingerprint density at radius 1 is 1.64 bits per heavy atom. The van der Waals surface area contributed by atoms with E-state index in [1.807, 2.05) is 19.2 Å². The number of rotatable bonds is 2. The van der Waals surface area contributed by atoms with Gasteiger partial charge in [-0.05, 0) is 25.0 Å². The average molecular weight is 193 g/mol. The Morgan fingerprint density at radius 3 is 3.21 bits per heavy atom. The van der Waals surface area contributed by atoms with Crippen LogP contribution in [0.2, 0.25) is 0 Å². The van der Waals surface area contributed by atoms with Crippen molar-refractivity contribution in [3.8, 4) is 0 Å². The molecule has 1 aromatic heterocycles. The molecule has 1 N–H and O–H groups in total. The number of aliphatic hydroxyl groups excluding tert-OH is 1. The fourth-order valence-electron chi connectivity index (χ4n) is 1.94. The summed E-state index contributed by atoms with van der Waals surface area (Å²) < 4.78 is 5.62. The summed E-state index contributed by atoms with van der Waals surface area (Å²) in [5, 5.41) is 9.19. The van der Waals surface area contributed by atoms with Gasteiger partial charge in [0.2, 0.25) is 0 Å². The van der Waals surface area contributed by atoms with Gasteiger partial charge in [-0.15, -0.1) is 0 Å². The number of pyridine rings is 1. The van der Waals surface area contributed by atoms with E-state index in [2.05, 4.69) is 4.98 Å². The molecule has 1 fully saturated rings. The zero-order chi connectivity index (χ0) is 9.97. The highest BCUT2D eigenvalue weighted by Crippen LogP contribution is 2.34. The number of aliphatic hydroxyl groups is 1. The van der Waals surface area contributed by atoms with E-state index in [9.17, 15) is 5.11 Å². The van der Waals surface area contributed by atoms with Gasteiger partial charge in [0.1, 0.15) is 0 Å². The highest BCUT2D eigenvalue weighted by atomic mass is 16.5. The Morgan fingerprint density at radius 2 is 2.50 bits per heavy atom. The zero-order valence-corrected chi connectivity index (χ0v) is 8.31. The second-order valence-electron chi connectivity index (χ2n) is 3.75. The monoisotopic (exact) mass is 193 g/mol. The first-order chi connectivity index (χ1) is 6.83. The summed E-state index contributed by atoms with van der Waals surface area (Å²) in [7, 11) is 0. The Hall–Kier alpha value is -0.930. The summed E-state index contributed by atoms with van der Waals surface area (Å²) in [6.45, 7) is 2.98. The summed E-state index contributed by atoms with van der Waals surface area (Å²) >= 11 is 0. The lowest BCUT2D eigenvalue weighted by molar-refractivity contribution is 0.0713. The minimum atomic E-state index is 0.0358. The van der Waals surface area contributed by atoms with Crippen molar-refractivity contribution >= 4 is 0 Å². The van der Waals surface area contributed by atoms with Gasteiger partial charge in [0, 0.05) is 37.1 Å². The first-order valence-electron chi connectivity index (χ1n) is 4.96. The van der Waals surface area contributed by atoms with Gasteiger partial charge in [0.15, 0.2) is 0 Å². The minimum absolute atomic E-state index is 0.0358. The minimum Gasteiger partial charge on any atom is -0.396 e. The maximum atomic E-state index is 9.19. The molecule has 1 aromatic rings. The molecule has 0 radical (unpaired) electrons. The van der Waals surface area contributed by atoms with Crippen LogP contribution in [0.5, 0.6) is 0 Å². The van der Waals surface area contributed by atoms with Crippen molar-refractivity contribution in [3.63, 3.8) is 0 Å². The van der Waals surface area contributed by atoms with E-state index >= 15 is 0 Å². The van der Waals surface area contributed by atoms with Crippen LogP contribution >= 0.6 is 0 Å². The topological polar surface area (TPSA) is 42.4 Å². The van der Waals surface area contributed by atoms with E-state index in [0.29, 0.717) is 0 Å². The fraction of sp³-hybridized carbons (Fsp3) is 0.545. The second kappa shape index (κ2) is 4.07. The van der Waals surface area contributed by atoms with Gasteiger partial charge in [-0.25, -0.2) is 0 Å². The number of hydrogen-bond donors (Lipinski definition) is 1. The Kier molecular flexibility index (Phi) is 2.79. The molecular formula is C11H15NO2. The van der Waals surface area contributed by atoms with Gasteiger partial charge < -0.3 is 9.84 Å². The number of aryl methyl sites for hydroxylation is 1. The Bertz CT molecular complexity index is 314. The Labute approximate surface area is 83.7 Å². The van der Waals surface area contributed by atoms with Crippen molar-refractivity contribution in [3.05, 3.63) is 29.6 Å². The van der Waals surface area contributed by atoms with E-state index in [0.717, 1.165) is 18.6 Å². The van der Waals surface area contributed by atoms with Gasteiger partial charge in [-0.2, -0.15) is 0 Å². The number of aromatic nitrogens is 1. The molecule has 1 aliphatic rings. The van der Waals surface area contributed by atoms with Crippen LogP contribution in [0.15, 0.2) is 18.5 Å². The molecule has 3 heteroatoms. The van der Waals surface area contributed by atoms with Crippen molar-refractivity contribution in [2.45, 2.75) is 19.4 Å². The van der Waals surface area contributed by atoms with Crippen LogP contribution in [0.25, 0.3) is 0 Å². The number of ether oxygens (including phenoxy) is 1. The van der Waals surface area contributed by atoms with Crippen molar-refractivity contribution in [1.29, 1.82) is 0 Å². The van der Waals surface area contributed by atoms with E-state index in [4.69, 9.17) is 4.74 Å². The molecule has 0 aromatic carbocycles. The molecule has 0 aliphatic carbocycles. The molecule has 14 heavy (non-hydrogen) atoms. The highest BCUT2D eigenvalue weighted by molar-refractivity contribution is 5.25. The first kappa shape index (κ1) is 9.62. The molecule has 0 bridgehead atoms. The third-order valence-corrected chi connectivity index (χ3v) is 2.83. The quantitative estimate of drug-likeness (QED) is 0.773. The highest BCUT2D eigenvalue weighted by Gasteiger charge is 2.29. The average Bonchev–Trinajstić information content (AvgIpc) is 2.66. The molecule has 1 aliphatic heterocycles. The number of nitrogens with zero attached hydrogens (tertiary/aromatic N) is 1. The second-order valence-corrected chi connectivity index (χ2v) is 3.75. The van der Waals surface area contributed by atoms with Crippen LogP contribution in [0, 0.1) is 12.8 Å². The van der Waals surface area contributed by atoms with Crippen molar-refractivity contribution in [2.24, 2.45) is 5.92 Å². The van der Waals surface area contributed by atoms with Crippen LogP contribution in [-0.4, -0.2) is 23.3 Å². The SMILES string of the molecule is Cc1ccncc1C1OCCC1CO. The maximum Gasteiger partial charge on any atom is 0.0893 e. The van der Waals surface area contributed by atoms with Gasteiger partial charge >= 0.3 is 0 Å². The van der Waals surface area contributed by atoms with Crippen LogP contribution in [0.3, 0.4) is 0 Å². The third-order valence-electron chi connectivity index (χ3n) is 2.83. The first-order valence-corrected chi connectivity index (χ1v) is 4.96. The summed E-state index contributed by atoms with van der Waals surface area (Å²) in [6.07, 6.45) is 4.60. The van der Waals surface area contributed by atoms with Crippen LogP contribution in [-0.2, 0) is 4.74 Å². The van der Waals surface area contributed by atoms with Crippen LogP contribution in [0.1, 0.15) is 23.7 Å². The van der Waals surface area contributed by atoms with Gasteiger partial charge in [-0.3, -0.25) is 4.98 Å². The summed E-state index contributed by atoms with van der Waals surface area (Å²) in [5.74, 6) is 0.234. The lowest BCUT2D eigenvalue weighted by atomic mass is 9.95. The molecule has 1 saturated heterocycles. The Balaban J connectivity index is 2.26. The van der Waals surface area contributed by atoms with E-state index in [-0.39, 0.29) is 18.6 Å². The van der Waals surface area contributed by atoms with E-state index in [1.54, 1.807) is 6.20 Å². The standard InChI is InChI=1S/C11H15NO2/c1-8-2-4-12-6-10(8)11-9(7-13)3-5-14-11/h2,4,6,9,11,13H,3,5,7H2,1H3. The van der Waals surface area contributed by atoms with Crippen molar-refractivity contribution in [1.82, 2.24) is 4.98 Å². The van der Waals surface area contributed by atoms with E-state index in [1.165, 1.54) is 5.56 Å². The summed E-state index contributed by atoms with van der Waals surface area (Å²) in [5.41, 5.74) is 2.30. The molecule has 0 spiro atoms. The van der Waals surface area contributed by atoms with Crippen molar-refractivity contribution < 1.29 is 9.84 Å². The maximum absolute atomic E-state index is 9.19. The molecular weight excluding hydrogens is 178 g/mol. The third kappa shape index (κ3) is 1.65. The summed E-state index contributed by atoms with van der Waals surface area (Å²) in [6, 6.07) is 1.98. The van der Waals surface area contributed by atoms with Crippen LogP contribution < -0.4 is 0 Å². The molecule has 0 saturated carbocycles. The molecule has 76 valence electrons. The lowest BCUT2D eigenvalue weighted by Crippen LogP contribution is -2.12. The van der Waals surface area contributed by atoms with Gasteiger partial charge in [0.05, 0.1) is 6.10 Å². The predicted octanol–water partition coefficient (Wildman–Crippen LogP) is 1.46. The van der Waals surface area contributed by atoms with E-state index < -0.39 is 0 Å². The molecule has 2 atom stereocenters. The van der Waals surface area contributed by atoms with Crippen LogP contribution in [0.4, 0.5) is 0 Å². The van der Waals surface area contributed by atoms with Gasteiger partial charge in [-0.1, -0.05) is 0 Å². The largest absolute Gasteiger partial charge is 0.396 e. The molecule has 3 nitrogen and oxygen atoms in total. The molecule has 2 rings (SSSR count). The molecule has 2 heterocycles.